The number of nitrogens with one attached hydrogen (secondary N) is 1. The number of aliphatic carboxylic acids is 1. The minimum atomic E-state index is -6.15. The molecule has 0 spiro atoms. The van der Waals surface area contributed by atoms with E-state index in [4.69, 9.17) is 0 Å². The number of rotatable bonds is 7. The molecule has 1 amide bonds. The number of hydrogen-bond acceptors (Lipinski definition) is 5. The Labute approximate surface area is 115 Å². The molecule has 0 aliphatic rings. The molecule has 1 N–H and O–H groups in total. The van der Waals surface area contributed by atoms with Gasteiger partial charge >= 0.3 is 24.0 Å². The van der Waals surface area contributed by atoms with Crippen LogP contribution in [0, 0.1) is 0 Å². The maximum Gasteiger partial charge on any atom is 0.463 e. The predicted molar refractivity (Wildman–Crippen MR) is 53.8 cm³/mol. The van der Waals surface area contributed by atoms with E-state index in [1.165, 1.54) is 6.92 Å². The highest BCUT2D eigenvalue weighted by Gasteiger charge is 2.63. The molecule has 0 saturated carbocycles. The van der Waals surface area contributed by atoms with E-state index in [0.717, 1.165) is 5.32 Å². The van der Waals surface area contributed by atoms with Gasteiger partial charge in [0.2, 0.25) is 0 Å². The molecule has 6 nitrogen and oxygen atoms in total. The predicted octanol–water partition coefficient (Wildman–Crippen LogP) is -0.238. The van der Waals surface area contributed by atoms with Crippen molar-refractivity contribution in [2.75, 3.05) is 6.61 Å². The number of hydrogen-bond donors (Lipinski definition) is 1. The zero-order chi connectivity index (χ0) is 16.8. The summed E-state index contributed by atoms with van der Waals surface area (Å²) in [5.41, 5.74) is 0. The van der Waals surface area contributed by atoms with Crippen LogP contribution in [-0.2, 0) is 19.1 Å². The van der Waals surface area contributed by atoms with Gasteiger partial charge in [0, 0.05) is 5.97 Å². The third-order valence-corrected chi connectivity index (χ3v) is 2.15. The molecule has 1 atom stereocenters. The molecule has 0 aromatic carbocycles. The second-order valence-electron chi connectivity index (χ2n) is 3.76. The number of carbonyl (C=O) groups is 3. The van der Waals surface area contributed by atoms with E-state index in [-0.39, 0.29) is 6.61 Å². The summed E-state index contributed by atoms with van der Waals surface area (Å²) in [5, 5.41) is 11.4. The summed E-state index contributed by atoms with van der Waals surface area (Å²) >= 11 is 0. The van der Waals surface area contributed by atoms with Gasteiger partial charge in [0.05, 0.1) is 6.61 Å². The molecule has 0 aromatic heterocycles. The Balaban J connectivity index is 4.99. The highest BCUT2D eigenvalue weighted by molar-refractivity contribution is 5.89. The lowest BCUT2D eigenvalue weighted by Gasteiger charge is -2.22. The highest BCUT2D eigenvalue weighted by atomic mass is 19.4. The third-order valence-electron chi connectivity index (χ3n) is 2.15. The smallest absolute Gasteiger partial charge is 0.463 e. The van der Waals surface area contributed by atoms with E-state index in [9.17, 15) is 41.4 Å². The van der Waals surface area contributed by atoms with Crippen molar-refractivity contribution in [1.82, 2.24) is 5.32 Å². The third kappa shape index (κ3) is 5.52. The Morgan fingerprint density at radius 3 is 2.10 bits per heavy atom. The van der Waals surface area contributed by atoms with Crippen molar-refractivity contribution in [3.63, 3.8) is 0 Å². The van der Waals surface area contributed by atoms with Gasteiger partial charge in [0.25, 0.3) is 0 Å². The molecule has 1 unspecified atom stereocenters. The Hall–Kier alpha value is -1.94. The summed E-state index contributed by atoms with van der Waals surface area (Å²) in [7, 11) is 0. The van der Waals surface area contributed by atoms with Crippen molar-refractivity contribution >= 4 is 17.8 Å². The number of ether oxygens (including phenoxy) is 1. The van der Waals surface area contributed by atoms with Crippen LogP contribution >= 0.6 is 0 Å². The lowest BCUT2D eigenvalue weighted by molar-refractivity contribution is -0.305. The zero-order valence-electron chi connectivity index (χ0n) is 10.6. The minimum Gasteiger partial charge on any atom is -0.550 e. The summed E-state index contributed by atoms with van der Waals surface area (Å²) in [6.07, 6.45) is -7.74. The number of amides is 1. The topological polar surface area (TPSA) is 95.5 Å². The van der Waals surface area contributed by atoms with E-state index in [1.54, 1.807) is 0 Å². The normalized spacial score (nSPS) is 13.4. The number of carboxylic acids is 1. The summed E-state index contributed by atoms with van der Waals surface area (Å²) in [6, 6.07) is -1.96. The Morgan fingerprint density at radius 2 is 1.71 bits per heavy atom. The molecular weight excluding hydrogens is 309 g/mol. The molecule has 21 heavy (non-hydrogen) atoms. The molecule has 0 aliphatic heterocycles. The van der Waals surface area contributed by atoms with Gasteiger partial charge in [-0.05, 0) is 19.8 Å². The first kappa shape index (κ1) is 19.1. The molecule has 0 aliphatic carbocycles. The number of carbonyl (C=O) groups excluding carboxylic acids is 3. The van der Waals surface area contributed by atoms with E-state index in [1.807, 2.05) is 0 Å². The minimum absolute atomic E-state index is 0.244. The molecule has 0 aromatic rings. The van der Waals surface area contributed by atoms with Gasteiger partial charge in [0.15, 0.2) is 0 Å². The largest absolute Gasteiger partial charge is 0.550 e. The summed E-state index contributed by atoms with van der Waals surface area (Å²) in [6.45, 7) is 1.08. The lowest BCUT2D eigenvalue weighted by atomic mass is 10.1. The summed E-state index contributed by atoms with van der Waals surface area (Å²) < 4.78 is 65.7. The standard InChI is InChI=1S/C10H12F5NO5/c1-2-21-7(19)5(3-4-6(17)18)16-8(20)9(11,12)10(13,14)15/h5H,2-4H2,1H3,(H,16,20)(H,17,18)/p-1. The SMILES string of the molecule is CCOC(=O)C(CCC(=O)[O-])NC(=O)C(F)(F)C(F)(F)F. The Morgan fingerprint density at radius 1 is 1.19 bits per heavy atom. The fraction of sp³-hybridized carbons (Fsp3) is 0.700. The molecule has 122 valence electrons. The van der Waals surface area contributed by atoms with Crippen LogP contribution in [0.2, 0.25) is 0 Å². The summed E-state index contributed by atoms with van der Waals surface area (Å²) in [4.78, 5) is 32.4. The van der Waals surface area contributed by atoms with Crippen LogP contribution in [0.5, 0.6) is 0 Å². The van der Waals surface area contributed by atoms with Gasteiger partial charge in [-0.2, -0.15) is 22.0 Å². The van der Waals surface area contributed by atoms with Gasteiger partial charge in [-0.15, -0.1) is 0 Å². The van der Waals surface area contributed by atoms with Gasteiger partial charge in [-0.1, -0.05) is 0 Å². The number of esters is 1. The van der Waals surface area contributed by atoms with Crippen LogP contribution in [0.15, 0.2) is 0 Å². The van der Waals surface area contributed by atoms with E-state index < -0.39 is 48.8 Å². The Bertz CT molecular complexity index is 409. The first-order valence-corrected chi connectivity index (χ1v) is 5.55. The van der Waals surface area contributed by atoms with Crippen LogP contribution in [0.1, 0.15) is 19.8 Å². The van der Waals surface area contributed by atoms with Gasteiger partial charge in [0.1, 0.15) is 6.04 Å². The first-order valence-electron chi connectivity index (χ1n) is 5.55. The van der Waals surface area contributed by atoms with Crippen molar-refractivity contribution in [2.24, 2.45) is 0 Å². The first-order chi connectivity index (χ1) is 9.43. The van der Waals surface area contributed by atoms with Crippen LogP contribution < -0.4 is 10.4 Å². The van der Waals surface area contributed by atoms with Crippen LogP contribution in [-0.4, -0.2) is 42.6 Å². The maximum atomic E-state index is 12.7. The van der Waals surface area contributed by atoms with Crippen molar-refractivity contribution in [3.05, 3.63) is 0 Å². The molecule has 0 bridgehead atoms. The molecular formula is C10H11F5NO5-. The molecule has 0 heterocycles. The fourth-order valence-corrected chi connectivity index (χ4v) is 1.13. The van der Waals surface area contributed by atoms with Gasteiger partial charge < -0.3 is 20.0 Å². The number of alkyl halides is 5. The van der Waals surface area contributed by atoms with Crippen molar-refractivity contribution < 1.29 is 46.2 Å². The Kier molecular flexibility index (Phi) is 6.52. The molecule has 11 heteroatoms. The average Bonchev–Trinajstić information content (AvgIpc) is 2.32. The molecule has 0 saturated heterocycles. The second-order valence-corrected chi connectivity index (χ2v) is 3.76. The number of halogens is 5. The summed E-state index contributed by atoms with van der Waals surface area (Å²) in [5.74, 6) is -11.5. The number of carboxylic acid groups (broad SMARTS) is 1. The maximum absolute atomic E-state index is 12.7. The monoisotopic (exact) mass is 320 g/mol. The van der Waals surface area contributed by atoms with Gasteiger partial charge in [-0.25, -0.2) is 4.79 Å². The van der Waals surface area contributed by atoms with Crippen molar-refractivity contribution in [3.8, 4) is 0 Å². The lowest BCUT2D eigenvalue weighted by Crippen LogP contribution is -2.55. The van der Waals surface area contributed by atoms with E-state index >= 15 is 0 Å². The molecule has 0 rings (SSSR count). The van der Waals surface area contributed by atoms with Crippen molar-refractivity contribution in [2.45, 2.75) is 37.9 Å². The van der Waals surface area contributed by atoms with Crippen LogP contribution in [0.4, 0.5) is 22.0 Å². The van der Waals surface area contributed by atoms with Crippen LogP contribution in [0.3, 0.4) is 0 Å². The zero-order valence-corrected chi connectivity index (χ0v) is 10.6. The fourth-order valence-electron chi connectivity index (χ4n) is 1.13. The second kappa shape index (κ2) is 7.18. The van der Waals surface area contributed by atoms with Crippen molar-refractivity contribution in [1.29, 1.82) is 0 Å². The molecule has 0 fully saturated rings. The highest BCUT2D eigenvalue weighted by Crippen LogP contribution is 2.35. The molecule has 0 radical (unpaired) electrons. The van der Waals surface area contributed by atoms with Gasteiger partial charge in [-0.3, -0.25) is 4.79 Å². The van der Waals surface area contributed by atoms with Crippen LogP contribution in [0.25, 0.3) is 0 Å². The van der Waals surface area contributed by atoms with E-state index in [2.05, 4.69) is 4.74 Å². The van der Waals surface area contributed by atoms with E-state index in [0.29, 0.717) is 0 Å². The quantitative estimate of drug-likeness (QED) is 0.516. The average molecular weight is 320 g/mol.